The van der Waals surface area contributed by atoms with Gasteiger partial charge in [-0.25, -0.2) is 0 Å². The lowest BCUT2D eigenvalue weighted by molar-refractivity contribution is -0.122. The number of nitrogens with zero attached hydrogens (tertiary/aromatic N) is 2. The summed E-state index contributed by atoms with van der Waals surface area (Å²) in [5.74, 6) is 1.31. The number of rotatable bonds is 6. The third-order valence-corrected chi connectivity index (χ3v) is 4.93. The number of anilines is 1. The zero-order chi connectivity index (χ0) is 16.4. The summed E-state index contributed by atoms with van der Waals surface area (Å²) < 4.78 is 0. The molecule has 3 rings (SSSR count). The fraction of sp³-hybridized carbons (Fsp3) is 0.467. The predicted molar refractivity (Wildman–Crippen MR) is 88.0 cm³/mol. The van der Waals surface area contributed by atoms with Crippen molar-refractivity contribution in [2.45, 2.75) is 26.7 Å². The van der Waals surface area contributed by atoms with Crippen molar-refractivity contribution in [2.24, 2.45) is 11.8 Å². The lowest BCUT2D eigenvalue weighted by Gasteiger charge is -2.04. The third-order valence-electron chi connectivity index (χ3n) is 3.91. The number of nitrogens with one attached hydrogen (secondary N) is 3. The molecule has 0 aromatic carbocycles. The van der Waals surface area contributed by atoms with Gasteiger partial charge in [0.25, 0.3) is 0 Å². The SMILES string of the molecule is Cc1ccsc1-c1nc(NC(=O)CCNC(=O)[C@@H]2C[C@@H]2C)n[nH]1. The number of carbonyl (C=O) groups excluding carboxylic acids is 2. The number of thiophene rings is 1. The van der Waals surface area contributed by atoms with E-state index in [1.807, 2.05) is 25.3 Å². The zero-order valence-corrected chi connectivity index (χ0v) is 13.9. The fourth-order valence-electron chi connectivity index (χ4n) is 2.34. The highest BCUT2D eigenvalue weighted by Gasteiger charge is 2.38. The van der Waals surface area contributed by atoms with Crippen LogP contribution in [0.15, 0.2) is 11.4 Å². The highest BCUT2D eigenvalue weighted by Crippen LogP contribution is 2.37. The molecular formula is C15H19N5O2S. The van der Waals surface area contributed by atoms with Gasteiger partial charge in [0.2, 0.25) is 17.8 Å². The van der Waals surface area contributed by atoms with Gasteiger partial charge in [0.1, 0.15) is 0 Å². The molecule has 23 heavy (non-hydrogen) atoms. The Kier molecular flexibility index (Phi) is 4.42. The van der Waals surface area contributed by atoms with Crippen molar-refractivity contribution in [3.63, 3.8) is 0 Å². The van der Waals surface area contributed by atoms with Crippen LogP contribution in [0, 0.1) is 18.8 Å². The molecular weight excluding hydrogens is 314 g/mol. The van der Waals surface area contributed by atoms with E-state index in [1.165, 1.54) is 0 Å². The van der Waals surface area contributed by atoms with E-state index in [4.69, 9.17) is 0 Å². The van der Waals surface area contributed by atoms with Crippen molar-refractivity contribution in [3.8, 4) is 10.7 Å². The Hall–Kier alpha value is -2.22. The summed E-state index contributed by atoms with van der Waals surface area (Å²) in [5.41, 5.74) is 1.11. The van der Waals surface area contributed by atoms with E-state index in [2.05, 4.69) is 25.8 Å². The normalized spacial score (nSPS) is 19.4. The minimum absolute atomic E-state index is 0.0404. The second-order valence-electron chi connectivity index (χ2n) is 5.85. The molecule has 1 fully saturated rings. The summed E-state index contributed by atoms with van der Waals surface area (Å²) in [5, 5.41) is 14.2. The first-order chi connectivity index (χ1) is 11.0. The van der Waals surface area contributed by atoms with Gasteiger partial charge in [-0.2, -0.15) is 4.98 Å². The molecule has 0 radical (unpaired) electrons. The largest absolute Gasteiger partial charge is 0.355 e. The highest BCUT2D eigenvalue weighted by molar-refractivity contribution is 7.13. The topological polar surface area (TPSA) is 99.8 Å². The Morgan fingerprint density at radius 2 is 2.26 bits per heavy atom. The van der Waals surface area contributed by atoms with E-state index in [0.29, 0.717) is 18.3 Å². The molecule has 1 saturated carbocycles. The maximum Gasteiger partial charge on any atom is 0.249 e. The molecule has 1 aliphatic rings. The van der Waals surface area contributed by atoms with E-state index in [1.54, 1.807) is 11.3 Å². The number of aromatic amines is 1. The van der Waals surface area contributed by atoms with Gasteiger partial charge in [-0.05, 0) is 36.3 Å². The molecule has 0 aliphatic heterocycles. The maximum absolute atomic E-state index is 11.9. The van der Waals surface area contributed by atoms with Crippen molar-refractivity contribution in [1.82, 2.24) is 20.5 Å². The summed E-state index contributed by atoms with van der Waals surface area (Å²) in [6.45, 7) is 4.37. The number of hydrogen-bond acceptors (Lipinski definition) is 5. The van der Waals surface area contributed by atoms with Gasteiger partial charge in [-0.3, -0.25) is 20.0 Å². The minimum Gasteiger partial charge on any atom is -0.355 e. The third kappa shape index (κ3) is 3.76. The molecule has 3 N–H and O–H groups in total. The molecule has 8 heteroatoms. The number of carbonyl (C=O) groups is 2. The first-order valence-corrected chi connectivity index (χ1v) is 8.47. The quantitative estimate of drug-likeness (QED) is 0.752. The second-order valence-corrected chi connectivity index (χ2v) is 6.77. The molecule has 2 atom stereocenters. The van der Waals surface area contributed by atoms with Crippen LogP contribution < -0.4 is 10.6 Å². The molecule has 7 nitrogen and oxygen atoms in total. The molecule has 2 heterocycles. The summed E-state index contributed by atoms with van der Waals surface area (Å²) in [7, 11) is 0. The van der Waals surface area contributed by atoms with Gasteiger partial charge in [-0.15, -0.1) is 16.4 Å². The van der Waals surface area contributed by atoms with Crippen LogP contribution in [0.3, 0.4) is 0 Å². The second kappa shape index (κ2) is 6.49. The van der Waals surface area contributed by atoms with Crippen molar-refractivity contribution in [2.75, 3.05) is 11.9 Å². The van der Waals surface area contributed by atoms with Crippen molar-refractivity contribution >= 4 is 29.1 Å². The number of aryl methyl sites for hydroxylation is 1. The van der Waals surface area contributed by atoms with Crippen molar-refractivity contribution < 1.29 is 9.59 Å². The number of hydrogen-bond donors (Lipinski definition) is 3. The van der Waals surface area contributed by atoms with Crippen LogP contribution in [-0.2, 0) is 9.59 Å². The first kappa shape index (κ1) is 15.7. The molecule has 2 amide bonds. The highest BCUT2D eigenvalue weighted by atomic mass is 32.1. The Balaban J connectivity index is 1.46. The standard InChI is InChI=1S/C15H19N5O2S/c1-8-4-6-23-12(8)13-18-15(20-19-13)17-11(21)3-5-16-14(22)10-7-9(10)2/h4,6,9-10H,3,5,7H2,1-2H3,(H,16,22)(H2,17,18,19,20,21)/t9-,10+/m0/s1. The number of H-pyrrole nitrogens is 1. The molecule has 0 unspecified atom stereocenters. The van der Waals surface area contributed by atoms with Crippen LogP contribution in [0.2, 0.25) is 0 Å². The fourth-order valence-corrected chi connectivity index (χ4v) is 3.20. The molecule has 2 aromatic heterocycles. The van der Waals surface area contributed by atoms with Gasteiger partial charge in [0.05, 0.1) is 4.88 Å². The Morgan fingerprint density at radius 3 is 2.91 bits per heavy atom. The van der Waals surface area contributed by atoms with Crippen molar-refractivity contribution in [3.05, 3.63) is 17.0 Å². The zero-order valence-electron chi connectivity index (χ0n) is 13.0. The first-order valence-electron chi connectivity index (χ1n) is 7.59. The molecule has 2 aromatic rings. The summed E-state index contributed by atoms with van der Waals surface area (Å²) in [6.07, 6.45) is 1.15. The van der Waals surface area contributed by atoms with E-state index >= 15 is 0 Å². The van der Waals surface area contributed by atoms with E-state index in [9.17, 15) is 9.59 Å². The Labute approximate surface area is 137 Å². The van der Waals surface area contributed by atoms with Crippen LogP contribution in [0.1, 0.15) is 25.3 Å². The van der Waals surface area contributed by atoms with Gasteiger partial charge >= 0.3 is 0 Å². The van der Waals surface area contributed by atoms with Gasteiger partial charge in [0.15, 0.2) is 5.82 Å². The lowest BCUT2D eigenvalue weighted by Crippen LogP contribution is -2.29. The minimum atomic E-state index is -0.220. The van der Waals surface area contributed by atoms with E-state index < -0.39 is 0 Å². The van der Waals surface area contributed by atoms with Gasteiger partial charge < -0.3 is 5.32 Å². The molecule has 0 bridgehead atoms. The Bertz CT molecular complexity index is 723. The summed E-state index contributed by atoms with van der Waals surface area (Å²) in [6, 6.07) is 2.00. The molecule has 0 saturated heterocycles. The number of aromatic nitrogens is 3. The molecule has 1 aliphatic carbocycles. The van der Waals surface area contributed by atoms with Gasteiger partial charge in [-0.1, -0.05) is 6.92 Å². The monoisotopic (exact) mass is 333 g/mol. The van der Waals surface area contributed by atoms with Crippen LogP contribution in [0.4, 0.5) is 5.95 Å². The smallest absolute Gasteiger partial charge is 0.249 e. The molecule has 122 valence electrons. The maximum atomic E-state index is 11.9. The molecule has 0 spiro atoms. The Morgan fingerprint density at radius 1 is 1.48 bits per heavy atom. The van der Waals surface area contributed by atoms with Crippen LogP contribution in [-0.4, -0.2) is 33.5 Å². The lowest BCUT2D eigenvalue weighted by atomic mass is 10.3. The summed E-state index contributed by atoms with van der Waals surface area (Å²) in [4.78, 5) is 28.8. The van der Waals surface area contributed by atoms with E-state index in [-0.39, 0.29) is 30.1 Å². The van der Waals surface area contributed by atoms with Crippen LogP contribution in [0.25, 0.3) is 10.7 Å². The predicted octanol–water partition coefficient (Wildman–Crippen LogP) is 1.94. The van der Waals surface area contributed by atoms with Gasteiger partial charge in [0, 0.05) is 18.9 Å². The van der Waals surface area contributed by atoms with Crippen LogP contribution in [0.5, 0.6) is 0 Å². The average Bonchev–Trinajstić information content (AvgIpc) is 2.88. The average molecular weight is 333 g/mol. The number of amides is 2. The summed E-state index contributed by atoms with van der Waals surface area (Å²) >= 11 is 1.57. The van der Waals surface area contributed by atoms with Crippen LogP contribution >= 0.6 is 11.3 Å². The van der Waals surface area contributed by atoms with E-state index in [0.717, 1.165) is 16.9 Å². The van der Waals surface area contributed by atoms with Crippen molar-refractivity contribution in [1.29, 1.82) is 0 Å².